The van der Waals surface area contributed by atoms with Crippen molar-refractivity contribution in [3.63, 3.8) is 0 Å². The van der Waals surface area contributed by atoms with E-state index in [1.807, 2.05) is 45.0 Å². The molecule has 3 aromatic rings. The molecule has 1 atom stereocenters. The molecule has 0 aliphatic rings. The number of aryl methyl sites for hydroxylation is 2. The maximum absolute atomic E-state index is 12.5. The van der Waals surface area contributed by atoms with Crippen molar-refractivity contribution in [2.24, 2.45) is 7.05 Å². The van der Waals surface area contributed by atoms with Gasteiger partial charge in [0.2, 0.25) is 5.95 Å². The van der Waals surface area contributed by atoms with Crippen molar-refractivity contribution in [2.75, 3.05) is 11.9 Å². The molecule has 0 unspecified atom stereocenters. The Morgan fingerprint density at radius 2 is 1.93 bits per heavy atom. The van der Waals surface area contributed by atoms with E-state index in [-0.39, 0.29) is 30.4 Å². The highest BCUT2D eigenvalue weighted by atomic mass is 16.5. The van der Waals surface area contributed by atoms with E-state index in [2.05, 4.69) is 15.3 Å². The molecule has 0 saturated carbocycles. The van der Waals surface area contributed by atoms with Crippen molar-refractivity contribution in [3.8, 4) is 0 Å². The zero-order valence-corrected chi connectivity index (χ0v) is 17.1. The molecule has 1 aromatic carbocycles. The first kappa shape index (κ1) is 20.8. The zero-order chi connectivity index (χ0) is 21.1. The number of hydrogen-bond donors (Lipinski definition) is 3. The number of imidazole rings is 1. The second-order valence-electron chi connectivity index (χ2n) is 7.41. The van der Waals surface area contributed by atoms with E-state index in [0.29, 0.717) is 12.5 Å². The molecule has 0 aliphatic heterocycles. The third kappa shape index (κ3) is 4.75. The number of nitrogens with zero attached hydrogens (tertiary/aromatic N) is 3. The summed E-state index contributed by atoms with van der Waals surface area (Å²) >= 11 is 0. The van der Waals surface area contributed by atoms with Crippen molar-refractivity contribution in [3.05, 3.63) is 56.2 Å². The third-order valence-electron chi connectivity index (χ3n) is 4.59. The first-order valence-electron chi connectivity index (χ1n) is 9.55. The van der Waals surface area contributed by atoms with Gasteiger partial charge in [0.05, 0.1) is 25.4 Å². The molecule has 0 bridgehead atoms. The fourth-order valence-corrected chi connectivity index (χ4v) is 3.00. The van der Waals surface area contributed by atoms with Crippen LogP contribution in [0.15, 0.2) is 33.9 Å². The van der Waals surface area contributed by atoms with Gasteiger partial charge < -0.3 is 19.7 Å². The Morgan fingerprint density at radius 3 is 2.59 bits per heavy atom. The van der Waals surface area contributed by atoms with E-state index in [0.717, 1.165) is 11.1 Å². The molecule has 2 heterocycles. The molecule has 0 spiro atoms. The summed E-state index contributed by atoms with van der Waals surface area (Å²) in [6, 6.07) is 8.04. The summed E-state index contributed by atoms with van der Waals surface area (Å²) in [6.07, 6.45) is -0.862. The number of hydrogen-bond acceptors (Lipinski definition) is 6. The number of aliphatic hydroxyl groups is 1. The van der Waals surface area contributed by atoms with E-state index in [4.69, 9.17) is 4.74 Å². The first-order valence-corrected chi connectivity index (χ1v) is 9.55. The van der Waals surface area contributed by atoms with Crippen molar-refractivity contribution in [1.82, 2.24) is 19.1 Å². The van der Waals surface area contributed by atoms with Gasteiger partial charge in [0.15, 0.2) is 11.2 Å². The molecule has 156 valence electrons. The van der Waals surface area contributed by atoms with Crippen LogP contribution >= 0.6 is 0 Å². The van der Waals surface area contributed by atoms with Crippen LogP contribution in [0, 0.1) is 6.92 Å². The normalized spacial score (nSPS) is 12.6. The largest absolute Gasteiger partial charge is 0.389 e. The smallest absolute Gasteiger partial charge is 0.329 e. The average molecular weight is 401 g/mol. The Balaban J connectivity index is 1.96. The van der Waals surface area contributed by atoms with Gasteiger partial charge in [-0.05, 0) is 26.3 Å². The van der Waals surface area contributed by atoms with E-state index >= 15 is 0 Å². The molecule has 0 fully saturated rings. The van der Waals surface area contributed by atoms with Gasteiger partial charge in [0, 0.05) is 13.6 Å². The standard InChI is InChI=1S/C20H27N5O4/c1-12(2)29-11-15(26)10-25-16-17(24(4)20(28)23-18(16)27)22-19(25)21-9-14-7-5-13(3)6-8-14/h5-8,12,15,26H,9-11H2,1-4H3,(H,21,22)(H,23,27,28)/t15-/m0/s1. The topological polar surface area (TPSA) is 114 Å². The lowest BCUT2D eigenvalue weighted by atomic mass is 10.1. The van der Waals surface area contributed by atoms with E-state index in [1.165, 1.54) is 4.57 Å². The number of anilines is 1. The second-order valence-corrected chi connectivity index (χ2v) is 7.41. The lowest BCUT2D eigenvalue weighted by Crippen LogP contribution is -2.30. The van der Waals surface area contributed by atoms with Gasteiger partial charge in [0.25, 0.3) is 5.56 Å². The number of H-pyrrole nitrogens is 1. The van der Waals surface area contributed by atoms with Crippen LogP contribution in [0.3, 0.4) is 0 Å². The Bertz CT molecular complexity index is 1090. The summed E-state index contributed by atoms with van der Waals surface area (Å²) < 4.78 is 8.35. The first-order chi connectivity index (χ1) is 13.8. The number of rotatable bonds is 8. The molecule has 0 saturated heterocycles. The summed E-state index contributed by atoms with van der Waals surface area (Å²) in [7, 11) is 1.54. The summed E-state index contributed by atoms with van der Waals surface area (Å²) in [5.74, 6) is 0.399. The monoisotopic (exact) mass is 401 g/mol. The lowest BCUT2D eigenvalue weighted by molar-refractivity contribution is -0.000108. The third-order valence-corrected chi connectivity index (χ3v) is 4.59. The van der Waals surface area contributed by atoms with Crippen LogP contribution in [0.25, 0.3) is 11.2 Å². The van der Waals surface area contributed by atoms with Crippen molar-refractivity contribution in [2.45, 2.75) is 46.1 Å². The molecule has 3 rings (SSSR count). The highest BCUT2D eigenvalue weighted by molar-refractivity contribution is 5.74. The van der Waals surface area contributed by atoms with Crippen LogP contribution in [-0.4, -0.2) is 43.0 Å². The number of aliphatic hydroxyl groups excluding tert-OH is 1. The number of benzene rings is 1. The van der Waals surface area contributed by atoms with E-state index in [1.54, 1.807) is 11.6 Å². The Kier molecular flexibility index (Phi) is 6.19. The summed E-state index contributed by atoms with van der Waals surface area (Å²) in [5.41, 5.74) is 1.60. The predicted molar refractivity (Wildman–Crippen MR) is 111 cm³/mol. The Hall–Kier alpha value is -2.91. The Morgan fingerprint density at radius 1 is 1.24 bits per heavy atom. The van der Waals surface area contributed by atoms with Gasteiger partial charge >= 0.3 is 5.69 Å². The van der Waals surface area contributed by atoms with Gasteiger partial charge in [-0.1, -0.05) is 29.8 Å². The SMILES string of the molecule is Cc1ccc(CNc2nc3c(c(=O)[nH]c(=O)n3C)n2C[C@H](O)COC(C)C)cc1. The van der Waals surface area contributed by atoms with Crippen LogP contribution in [-0.2, 0) is 24.9 Å². The van der Waals surface area contributed by atoms with Crippen LogP contribution < -0.4 is 16.6 Å². The van der Waals surface area contributed by atoms with Gasteiger partial charge in [-0.2, -0.15) is 4.98 Å². The highest BCUT2D eigenvalue weighted by Gasteiger charge is 2.19. The summed E-state index contributed by atoms with van der Waals surface area (Å²) in [4.78, 5) is 31.2. The minimum atomic E-state index is -0.841. The molecule has 9 nitrogen and oxygen atoms in total. The quantitative estimate of drug-likeness (QED) is 0.521. The molecule has 9 heteroatoms. The Labute approximate surface area is 168 Å². The predicted octanol–water partition coefficient (Wildman–Crippen LogP) is 1.13. The summed E-state index contributed by atoms with van der Waals surface area (Å²) in [6.45, 7) is 6.49. The maximum Gasteiger partial charge on any atom is 0.329 e. The second kappa shape index (κ2) is 8.62. The molecule has 3 N–H and O–H groups in total. The average Bonchev–Trinajstić information content (AvgIpc) is 3.03. The van der Waals surface area contributed by atoms with E-state index < -0.39 is 17.4 Å². The van der Waals surface area contributed by atoms with Gasteiger partial charge in [0.1, 0.15) is 0 Å². The minimum Gasteiger partial charge on any atom is -0.389 e. The fraction of sp³-hybridized carbons (Fsp3) is 0.450. The van der Waals surface area contributed by atoms with Crippen molar-refractivity contribution < 1.29 is 9.84 Å². The highest BCUT2D eigenvalue weighted by Crippen LogP contribution is 2.17. The molecule has 0 aliphatic carbocycles. The fourth-order valence-electron chi connectivity index (χ4n) is 3.00. The number of aromatic amines is 1. The van der Waals surface area contributed by atoms with E-state index in [9.17, 15) is 14.7 Å². The van der Waals surface area contributed by atoms with Crippen LogP contribution in [0.5, 0.6) is 0 Å². The number of fused-ring (bicyclic) bond motifs is 1. The molecular formula is C20H27N5O4. The molecule has 2 aromatic heterocycles. The lowest BCUT2D eigenvalue weighted by Gasteiger charge is -2.16. The van der Waals surface area contributed by atoms with Crippen LogP contribution in [0.2, 0.25) is 0 Å². The van der Waals surface area contributed by atoms with Gasteiger partial charge in [-0.3, -0.25) is 14.3 Å². The van der Waals surface area contributed by atoms with Crippen LogP contribution in [0.4, 0.5) is 5.95 Å². The van der Waals surface area contributed by atoms with Crippen molar-refractivity contribution >= 4 is 17.1 Å². The number of aromatic nitrogens is 4. The minimum absolute atomic E-state index is 0.0208. The molecule has 0 radical (unpaired) electrons. The van der Waals surface area contributed by atoms with Crippen molar-refractivity contribution in [1.29, 1.82) is 0 Å². The zero-order valence-electron chi connectivity index (χ0n) is 17.1. The number of ether oxygens (including phenoxy) is 1. The molecular weight excluding hydrogens is 374 g/mol. The number of nitrogens with one attached hydrogen (secondary N) is 2. The molecule has 29 heavy (non-hydrogen) atoms. The molecule has 0 amide bonds. The van der Waals surface area contributed by atoms with Crippen LogP contribution in [0.1, 0.15) is 25.0 Å². The van der Waals surface area contributed by atoms with Gasteiger partial charge in [-0.25, -0.2) is 4.79 Å². The summed E-state index contributed by atoms with van der Waals surface area (Å²) in [5, 5.41) is 13.6. The maximum atomic E-state index is 12.5. The van der Waals surface area contributed by atoms with Gasteiger partial charge in [-0.15, -0.1) is 0 Å².